The van der Waals surface area contributed by atoms with Crippen LogP contribution in [0.4, 0.5) is 8.78 Å². The summed E-state index contributed by atoms with van der Waals surface area (Å²) in [5, 5.41) is 4.35. The molecule has 3 aromatic rings. The fourth-order valence-electron chi connectivity index (χ4n) is 2.97. The molecule has 0 unspecified atom stereocenters. The Morgan fingerprint density at radius 3 is 2.32 bits per heavy atom. The fourth-order valence-corrected chi connectivity index (χ4v) is 2.97. The Balaban J connectivity index is 2.33. The third-order valence-corrected chi connectivity index (χ3v) is 4.38. The molecule has 0 radical (unpaired) electrons. The van der Waals surface area contributed by atoms with Gasteiger partial charge in [0.15, 0.2) is 17.3 Å². The lowest BCUT2D eigenvalue weighted by Crippen LogP contribution is -2.15. The minimum Gasteiger partial charge on any atom is -0.490 e. The van der Waals surface area contributed by atoms with E-state index >= 15 is 0 Å². The maximum absolute atomic E-state index is 14.3. The van der Waals surface area contributed by atoms with Crippen LogP contribution in [-0.2, 0) is 9.47 Å². The monoisotopic (exact) mass is 430 g/mol. The van der Waals surface area contributed by atoms with Crippen molar-refractivity contribution in [2.45, 2.75) is 13.3 Å². The SMILES string of the molecule is CCCOc1cc(-c2nn(-c3ccccc3)c(C(=O)OC)c2C(=O)OC)cc(F)c1F. The molecule has 0 atom stereocenters. The summed E-state index contributed by atoms with van der Waals surface area (Å²) in [6.45, 7) is 1.98. The number of para-hydroxylation sites is 1. The number of methoxy groups -OCH3 is 2. The van der Waals surface area contributed by atoms with Crippen LogP contribution in [-0.4, -0.2) is 42.5 Å². The van der Waals surface area contributed by atoms with E-state index in [-0.39, 0.29) is 34.9 Å². The second-order valence-electron chi connectivity index (χ2n) is 6.42. The fraction of sp³-hybridized carbons (Fsp3) is 0.227. The normalized spacial score (nSPS) is 10.6. The van der Waals surface area contributed by atoms with Gasteiger partial charge in [-0.1, -0.05) is 25.1 Å². The number of rotatable bonds is 7. The van der Waals surface area contributed by atoms with E-state index in [0.29, 0.717) is 12.1 Å². The Bertz CT molecular complexity index is 1110. The molecule has 0 spiro atoms. The van der Waals surface area contributed by atoms with Gasteiger partial charge in [-0.25, -0.2) is 18.7 Å². The molecular weight excluding hydrogens is 410 g/mol. The van der Waals surface area contributed by atoms with Crippen molar-refractivity contribution in [3.8, 4) is 22.7 Å². The van der Waals surface area contributed by atoms with Crippen molar-refractivity contribution in [3.05, 3.63) is 65.4 Å². The van der Waals surface area contributed by atoms with Gasteiger partial charge >= 0.3 is 11.9 Å². The molecule has 162 valence electrons. The van der Waals surface area contributed by atoms with Crippen LogP contribution >= 0.6 is 0 Å². The number of aromatic nitrogens is 2. The van der Waals surface area contributed by atoms with E-state index in [0.717, 1.165) is 20.3 Å². The molecule has 2 aromatic carbocycles. The van der Waals surface area contributed by atoms with Crippen LogP contribution in [0.1, 0.15) is 34.2 Å². The first-order valence-corrected chi connectivity index (χ1v) is 9.40. The summed E-state index contributed by atoms with van der Waals surface area (Å²) in [6.07, 6.45) is 0.577. The summed E-state index contributed by atoms with van der Waals surface area (Å²) in [4.78, 5) is 25.2. The number of halogens is 2. The number of carbonyl (C=O) groups excluding carboxylic acids is 2. The van der Waals surface area contributed by atoms with Gasteiger partial charge in [-0.15, -0.1) is 0 Å². The van der Waals surface area contributed by atoms with Gasteiger partial charge in [-0.2, -0.15) is 9.49 Å². The number of benzene rings is 2. The van der Waals surface area contributed by atoms with Crippen LogP contribution in [0.2, 0.25) is 0 Å². The Morgan fingerprint density at radius 1 is 1.03 bits per heavy atom. The topological polar surface area (TPSA) is 79.7 Å². The van der Waals surface area contributed by atoms with Gasteiger partial charge in [0.1, 0.15) is 11.3 Å². The number of carbonyl (C=O) groups is 2. The molecule has 0 aliphatic carbocycles. The molecule has 9 heteroatoms. The highest BCUT2D eigenvalue weighted by Crippen LogP contribution is 2.33. The third-order valence-electron chi connectivity index (χ3n) is 4.38. The highest BCUT2D eigenvalue weighted by molar-refractivity contribution is 6.06. The lowest BCUT2D eigenvalue weighted by molar-refractivity contribution is 0.0549. The Labute approximate surface area is 177 Å². The molecule has 31 heavy (non-hydrogen) atoms. The van der Waals surface area contributed by atoms with E-state index in [2.05, 4.69) is 5.10 Å². The van der Waals surface area contributed by atoms with Crippen LogP contribution in [0.3, 0.4) is 0 Å². The number of hydrogen-bond acceptors (Lipinski definition) is 6. The lowest BCUT2D eigenvalue weighted by atomic mass is 10.0. The maximum Gasteiger partial charge on any atom is 0.357 e. The zero-order valence-electron chi connectivity index (χ0n) is 17.1. The molecule has 1 heterocycles. The van der Waals surface area contributed by atoms with E-state index in [1.165, 1.54) is 10.7 Å². The smallest absolute Gasteiger partial charge is 0.357 e. The zero-order valence-corrected chi connectivity index (χ0v) is 17.1. The quantitative estimate of drug-likeness (QED) is 0.523. The van der Waals surface area contributed by atoms with Crippen molar-refractivity contribution in [3.63, 3.8) is 0 Å². The first-order chi connectivity index (χ1) is 14.9. The summed E-state index contributed by atoms with van der Waals surface area (Å²) in [5.41, 5.74) is -0.0621. The highest BCUT2D eigenvalue weighted by Gasteiger charge is 2.32. The van der Waals surface area contributed by atoms with Gasteiger partial charge < -0.3 is 14.2 Å². The molecule has 3 rings (SSSR count). The average Bonchev–Trinajstić information content (AvgIpc) is 3.20. The second-order valence-corrected chi connectivity index (χ2v) is 6.42. The number of hydrogen-bond donors (Lipinski definition) is 0. The number of ether oxygens (including phenoxy) is 3. The van der Waals surface area contributed by atoms with Crippen molar-refractivity contribution >= 4 is 11.9 Å². The summed E-state index contributed by atoms with van der Waals surface area (Å²) in [6, 6.07) is 10.6. The van der Waals surface area contributed by atoms with Crippen molar-refractivity contribution in [1.29, 1.82) is 0 Å². The predicted molar refractivity (Wildman–Crippen MR) is 107 cm³/mol. The van der Waals surface area contributed by atoms with Crippen LogP contribution in [0.15, 0.2) is 42.5 Å². The first-order valence-electron chi connectivity index (χ1n) is 9.40. The van der Waals surface area contributed by atoms with Gasteiger partial charge in [-0.3, -0.25) is 0 Å². The molecule has 0 aliphatic rings. The number of nitrogens with zero attached hydrogens (tertiary/aromatic N) is 2. The minimum absolute atomic E-state index is 0.0326. The van der Waals surface area contributed by atoms with E-state index in [4.69, 9.17) is 14.2 Å². The zero-order chi connectivity index (χ0) is 22.5. The maximum atomic E-state index is 14.3. The minimum atomic E-state index is -1.19. The molecule has 0 amide bonds. The molecule has 0 aliphatic heterocycles. The van der Waals surface area contributed by atoms with Crippen molar-refractivity contribution < 1.29 is 32.6 Å². The summed E-state index contributed by atoms with van der Waals surface area (Å²) >= 11 is 0. The molecule has 0 N–H and O–H groups in total. The molecule has 0 saturated heterocycles. The number of esters is 2. The summed E-state index contributed by atoms with van der Waals surface area (Å²) in [7, 11) is 2.29. The van der Waals surface area contributed by atoms with Crippen LogP contribution in [0.25, 0.3) is 16.9 Å². The third kappa shape index (κ3) is 4.25. The first kappa shape index (κ1) is 21.9. The van der Waals surface area contributed by atoms with Gasteiger partial charge in [0.2, 0.25) is 5.82 Å². The predicted octanol–water partition coefficient (Wildman–Crippen LogP) is 4.18. The van der Waals surface area contributed by atoms with Crippen molar-refractivity contribution in [1.82, 2.24) is 9.78 Å². The van der Waals surface area contributed by atoms with Gasteiger partial charge in [0.05, 0.1) is 26.5 Å². The molecule has 0 bridgehead atoms. The van der Waals surface area contributed by atoms with E-state index in [1.807, 2.05) is 6.92 Å². The van der Waals surface area contributed by atoms with E-state index in [9.17, 15) is 18.4 Å². The van der Waals surface area contributed by atoms with Crippen LogP contribution in [0.5, 0.6) is 5.75 Å². The van der Waals surface area contributed by atoms with Crippen molar-refractivity contribution in [2.75, 3.05) is 20.8 Å². The molecule has 1 aromatic heterocycles. The largest absolute Gasteiger partial charge is 0.490 e. The summed E-state index contributed by atoms with van der Waals surface area (Å²) < 4.78 is 44.7. The van der Waals surface area contributed by atoms with Gasteiger partial charge in [0.25, 0.3) is 0 Å². The standard InChI is InChI=1S/C22H20F2N2O5/c1-4-10-31-16-12-13(11-15(23)18(16)24)19-17(21(27)29-2)20(22(28)30-3)26(25-19)14-8-6-5-7-9-14/h5-9,11-12H,4,10H2,1-3H3. The van der Waals surface area contributed by atoms with Gasteiger partial charge in [-0.05, 0) is 30.7 Å². The van der Waals surface area contributed by atoms with Crippen molar-refractivity contribution in [2.24, 2.45) is 0 Å². The van der Waals surface area contributed by atoms with Crippen LogP contribution < -0.4 is 4.74 Å². The average molecular weight is 430 g/mol. The van der Waals surface area contributed by atoms with E-state index < -0.39 is 23.6 Å². The Kier molecular flexibility index (Phi) is 6.64. The lowest BCUT2D eigenvalue weighted by Gasteiger charge is -2.09. The second kappa shape index (κ2) is 9.38. The van der Waals surface area contributed by atoms with Crippen LogP contribution in [0, 0.1) is 11.6 Å². The molecule has 7 nitrogen and oxygen atoms in total. The molecule has 0 saturated carbocycles. The Morgan fingerprint density at radius 2 is 1.71 bits per heavy atom. The molecule has 0 fully saturated rings. The van der Waals surface area contributed by atoms with Gasteiger partial charge in [0, 0.05) is 5.56 Å². The molecular formula is C22H20F2N2O5. The highest BCUT2D eigenvalue weighted by atomic mass is 19.2. The Hall–Kier alpha value is -3.75. The summed E-state index contributed by atoms with van der Waals surface area (Å²) in [5.74, 6) is -4.42. The van der Waals surface area contributed by atoms with E-state index in [1.54, 1.807) is 30.3 Å².